The molecule has 0 aliphatic rings. The number of nitrogens with zero attached hydrogens (tertiary/aromatic N) is 2. The molecule has 0 radical (unpaired) electrons. The Hall–Kier alpha value is -2.08. The number of amides is 2. The van der Waals surface area contributed by atoms with Crippen LogP contribution in [0.25, 0.3) is 0 Å². The van der Waals surface area contributed by atoms with Gasteiger partial charge in [0.05, 0.1) is 0 Å². The SMILES string of the molecule is Cc1cc(C)nc(SNC(=O)Nc2ccccc2)n1. The Kier molecular flexibility index (Phi) is 4.35. The maximum Gasteiger partial charge on any atom is 0.329 e. The molecule has 1 aromatic carbocycles. The number of urea groups is 1. The summed E-state index contributed by atoms with van der Waals surface area (Å²) in [7, 11) is 0. The third-order valence-electron chi connectivity index (χ3n) is 2.23. The Balaban J connectivity index is 1.90. The number of carbonyl (C=O) groups excluding carboxylic acids is 1. The van der Waals surface area contributed by atoms with E-state index >= 15 is 0 Å². The van der Waals surface area contributed by atoms with E-state index in [0.717, 1.165) is 29.0 Å². The molecule has 1 aromatic heterocycles. The average molecular weight is 274 g/mol. The van der Waals surface area contributed by atoms with Crippen LogP contribution in [0.15, 0.2) is 41.6 Å². The molecular formula is C13H14N4OS. The predicted octanol–water partition coefficient (Wildman–Crippen LogP) is 2.92. The summed E-state index contributed by atoms with van der Waals surface area (Å²) < 4.78 is 2.64. The quantitative estimate of drug-likeness (QED) is 0.667. The third-order valence-corrected chi connectivity index (χ3v) is 2.88. The van der Waals surface area contributed by atoms with Gasteiger partial charge in [0.25, 0.3) is 0 Å². The van der Waals surface area contributed by atoms with E-state index in [1.54, 1.807) is 0 Å². The van der Waals surface area contributed by atoms with Gasteiger partial charge in [0.15, 0.2) is 0 Å². The molecule has 0 bridgehead atoms. The highest BCUT2D eigenvalue weighted by molar-refractivity contribution is 7.97. The van der Waals surface area contributed by atoms with Crippen molar-refractivity contribution in [1.82, 2.24) is 14.7 Å². The van der Waals surface area contributed by atoms with Gasteiger partial charge in [-0.05, 0) is 32.0 Å². The highest BCUT2D eigenvalue weighted by atomic mass is 32.2. The minimum absolute atomic E-state index is 0.307. The lowest BCUT2D eigenvalue weighted by Crippen LogP contribution is -2.23. The molecule has 0 fully saturated rings. The lowest BCUT2D eigenvalue weighted by molar-refractivity contribution is 0.257. The van der Waals surface area contributed by atoms with Crippen LogP contribution in [0.1, 0.15) is 11.4 Å². The molecule has 19 heavy (non-hydrogen) atoms. The summed E-state index contributed by atoms with van der Waals surface area (Å²) in [5.74, 6) is 0. The van der Waals surface area contributed by atoms with E-state index < -0.39 is 0 Å². The zero-order valence-electron chi connectivity index (χ0n) is 10.7. The highest BCUT2D eigenvalue weighted by Gasteiger charge is 2.05. The van der Waals surface area contributed by atoms with Crippen molar-refractivity contribution in [2.45, 2.75) is 19.0 Å². The van der Waals surface area contributed by atoms with Crippen LogP contribution in [0.5, 0.6) is 0 Å². The Bertz CT molecular complexity index is 554. The van der Waals surface area contributed by atoms with Crippen molar-refractivity contribution in [2.24, 2.45) is 0 Å². The molecule has 2 aromatic rings. The van der Waals surface area contributed by atoms with Crippen LogP contribution >= 0.6 is 11.9 Å². The molecule has 0 saturated carbocycles. The first-order chi connectivity index (χ1) is 9.13. The number of nitrogens with one attached hydrogen (secondary N) is 2. The second kappa shape index (κ2) is 6.19. The van der Waals surface area contributed by atoms with Gasteiger partial charge in [0, 0.05) is 29.0 Å². The summed E-state index contributed by atoms with van der Waals surface area (Å²) >= 11 is 1.09. The summed E-state index contributed by atoms with van der Waals surface area (Å²) in [4.78, 5) is 20.1. The predicted molar refractivity (Wildman–Crippen MR) is 76.0 cm³/mol. The van der Waals surface area contributed by atoms with Gasteiger partial charge < -0.3 is 5.32 Å². The van der Waals surface area contributed by atoms with E-state index in [1.165, 1.54) is 0 Å². The van der Waals surface area contributed by atoms with Gasteiger partial charge in [0.1, 0.15) is 0 Å². The Morgan fingerprint density at radius 1 is 1.11 bits per heavy atom. The fraction of sp³-hybridized carbons (Fsp3) is 0.154. The zero-order valence-corrected chi connectivity index (χ0v) is 11.5. The summed E-state index contributed by atoms with van der Waals surface area (Å²) in [6, 6.07) is 10.8. The first kappa shape index (κ1) is 13.4. The van der Waals surface area contributed by atoms with E-state index in [2.05, 4.69) is 20.0 Å². The number of benzene rings is 1. The van der Waals surface area contributed by atoms with Gasteiger partial charge in [0.2, 0.25) is 5.16 Å². The number of aryl methyl sites for hydroxylation is 2. The normalized spacial score (nSPS) is 10.0. The lowest BCUT2D eigenvalue weighted by Gasteiger charge is -2.06. The van der Waals surface area contributed by atoms with Crippen LogP contribution < -0.4 is 10.0 Å². The first-order valence-corrected chi connectivity index (χ1v) is 6.56. The molecule has 2 amide bonds. The summed E-state index contributed by atoms with van der Waals surface area (Å²) in [5, 5.41) is 3.24. The molecule has 0 atom stereocenters. The van der Waals surface area contributed by atoms with Crippen LogP contribution in [0.3, 0.4) is 0 Å². The molecule has 6 heteroatoms. The number of hydrogen-bond acceptors (Lipinski definition) is 4. The van der Waals surface area contributed by atoms with Crippen LogP contribution in [0, 0.1) is 13.8 Å². The van der Waals surface area contributed by atoms with E-state index in [-0.39, 0.29) is 6.03 Å². The molecule has 98 valence electrons. The molecule has 0 saturated heterocycles. The van der Waals surface area contributed by atoms with Gasteiger partial charge in [-0.25, -0.2) is 14.8 Å². The fourth-order valence-corrected chi connectivity index (χ4v) is 2.12. The Labute approximate surface area is 116 Å². The van der Waals surface area contributed by atoms with Gasteiger partial charge in [-0.1, -0.05) is 18.2 Å². The molecular weight excluding hydrogens is 260 g/mol. The maximum absolute atomic E-state index is 11.7. The minimum atomic E-state index is -0.307. The van der Waals surface area contributed by atoms with Crippen molar-refractivity contribution in [3.05, 3.63) is 47.8 Å². The Morgan fingerprint density at radius 3 is 2.37 bits per heavy atom. The van der Waals surface area contributed by atoms with E-state index in [1.807, 2.05) is 50.2 Å². The van der Waals surface area contributed by atoms with E-state index in [9.17, 15) is 4.79 Å². The van der Waals surface area contributed by atoms with Crippen LogP contribution in [0.2, 0.25) is 0 Å². The number of carbonyl (C=O) groups is 1. The Morgan fingerprint density at radius 2 is 1.74 bits per heavy atom. The fourth-order valence-electron chi connectivity index (χ4n) is 1.51. The van der Waals surface area contributed by atoms with Crippen molar-refractivity contribution in [1.29, 1.82) is 0 Å². The second-order valence-corrected chi connectivity index (χ2v) is 4.73. The van der Waals surface area contributed by atoms with Crippen molar-refractivity contribution >= 4 is 23.7 Å². The molecule has 2 N–H and O–H groups in total. The molecule has 2 rings (SSSR count). The molecule has 0 aliphatic carbocycles. The molecule has 1 heterocycles. The van der Waals surface area contributed by atoms with Crippen LogP contribution in [0.4, 0.5) is 10.5 Å². The standard InChI is InChI=1S/C13H14N4OS/c1-9-8-10(2)15-13(14-9)19-17-12(18)16-11-6-4-3-5-7-11/h3-8H,1-2H3,(H2,16,17,18). The summed E-state index contributed by atoms with van der Waals surface area (Å²) in [6.07, 6.45) is 0. The van der Waals surface area contributed by atoms with Crippen molar-refractivity contribution in [3.8, 4) is 0 Å². The van der Waals surface area contributed by atoms with Crippen molar-refractivity contribution < 1.29 is 4.79 Å². The molecule has 0 unspecified atom stereocenters. The first-order valence-electron chi connectivity index (χ1n) is 5.74. The van der Waals surface area contributed by atoms with Crippen LogP contribution in [-0.4, -0.2) is 16.0 Å². The zero-order chi connectivity index (χ0) is 13.7. The highest BCUT2D eigenvalue weighted by Crippen LogP contribution is 2.11. The molecule has 5 nitrogen and oxygen atoms in total. The topological polar surface area (TPSA) is 66.9 Å². The number of anilines is 1. The van der Waals surface area contributed by atoms with Crippen molar-refractivity contribution in [3.63, 3.8) is 0 Å². The third kappa shape index (κ3) is 4.26. The number of aromatic nitrogens is 2. The minimum Gasteiger partial charge on any atom is -0.307 e. The summed E-state index contributed by atoms with van der Waals surface area (Å²) in [5.41, 5.74) is 2.49. The molecule has 0 spiro atoms. The largest absolute Gasteiger partial charge is 0.329 e. The smallest absolute Gasteiger partial charge is 0.307 e. The second-order valence-electron chi connectivity index (χ2n) is 3.96. The van der Waals surface area contributed by atoms with Gasteiger partial charge in [-0.15, -0.1) is 0 Å². The average Bonchev–Trinajstić information content (AvgIpc) is 2.36. The van der Waals surface area contributed by atoms with E-state index in [4.69, 9.17) is 0 Å². The van der Waals surface area contributed by atoms with Gasteiger partial charge in [-0.2, -0.15) is 0 Å². The van der Waals surface area contributed by atoms with Crippen LogP contribution in [-0.2, 0) is 0 Å². The number of hydrogen-bond donors (Lipinski definition) is 2. The van der Waals surface area contributed by atoms with Crippen molar-refractivity contribution in [2.75, 3.05) is 5.32 Å². The number of rotatable bonds is 3. The monoisotopic (exact) mass is 274 g/mol. The van der Waals surface area contributed by atoms with E-state index in [0.29, 0.717) is 5.16 Å². The number of para-hydroxylation sites is 1. The van der Waals surface area contributed by atoms with Gasteiger partial charge >= 0.3 is 6.03 Å². The maximum atomic E-state index is 11.7. The lowest BCUT2D eigenvalue weighted by atomic mass is 10.3. The van der Waals surface area contributed by atoms with Gasteiger partial charge in [-0.3, -0.25) is 4.72 Å². The summed E-state index contributed by atoms with van der Waals surface area (Å²) in [6.45, 7) is 3.78. The molecule has 0 aliphatic heterocycles.